The Balaban J connectivity index is 2.41. The number of rotatable bonds is 2. The Labute approximate surface area is 113 Å². The topological polar surface area (TPSA) is 70.5 Å². The van der Waals surface area contributed by atoms with Crippen molar-refractivity contribution in [1.82, 2.24) is 9.29 Å². The first-order chi connectivity index (χ1) is 7.91. The maximum Gasteiger partial charge on any atom is 0.246 e. The zero-order valence-electron chi connectivity index (χ0n) is 8.68. The molecule has 1 aromatic heterocycles. The standard InChI is InChI=1S/C9H10BrClN2O3S/c10-6-3-8(9(11)12-4-6)17(15,16)13-2-1-7(14)5-13/h3-4,7,14H,1-2,5H2. The van der Waals surface area contributed by atoms with Crippen LogP contribution < -0.4 is 0 Å². The molecule has 94 valence electrons. The maximum absolute atomic E-state index is 12.2. The molecule has 5 nitrogen and oxygen atoms in total. The van der Waals surface area contributed by atoms with Crippen LogP contribution in [0.25, 0.3) is 0 Å². The van der Waals surface area contributed by atoms with Crippen molar-refractivity contribution in [3.8, 4) is 0 Å². The van der Waals surface area contributed by atoms with Gasteiger partial charge in [0, 0.05) is 23.8 Å². The monoisotopic (exact) mass is 340 g/mol. The summed E-state index contributed by atoms with van der Waals surface area (Å²) in [6, 6.07) is 1.41. The predicted octanol–water partition coefficient (Wildman–Crippen LogP) is 1.25. The van der Waals surface area contributed by atoms with Crippen LogP contribution in [0.4, 0.5) is 0 Å². The molecule has 0 saturated carbocycles. The van der Waals surface area contributed by atoms with Gasteiger partial charge in [-0.05, 0) is 28.4 Å². The van der Waals surface area contributed by atoms with Crippen molar-refractivity contribution in [2.75, 3.05) is 13.1 Å². The average molecular weight is 342 g/mol. The SMILES string of the molecule is O=S(=O)(c1cc(Br)cnc1Cl)N1CCC(O)C1. The second-order valence-electron chi connectivity index (χ2n) is 3.75. The summed E-state index contributed by atoms with van der Waals surface area (Å²) in [5, 5.41) is 9.31. The quantitative estimate of drug-likeness (QED) is 0.822. The van der Waals surface area contributed by atoms with Gasteiger partial charge in [-0.2, -0.15) is 4.31 Å². The second kappa shape index (κ2) is 4.81. The van der Waals surface area contributed by atoms with E-state index in [4.69, 9.17) is 11.6 Å². The molecule has 0 amide bonds. The Morgan fingerprint density at radius 3 is 2.88 bits per heavy atom. The van der Waals surface area contributed by atoms with E-state index in [0.717, 1.165) is 0 Å². The van der Waals surface area contributed by atoms with Crippen molar-refractivity contribution < 1.29 is 13.5 Å². The number of halogens is 2. The summed E-state index contributed by atoms with van der Waals surface area (Å²) >= 11 is 8.95. The van der Waals surface area contributed by atoms with Crippen molar-refractivity contribution in [1.29, 1.82) is 0 Å². The number of hydrogen-bond acceptors (Lipinski definition) is 4. The van der Waals surface area contributed by atoms with Gasteiger partial charge in [0.25, 0.3) is 0 Å². The minimum absolute atomic E-state index is 0.0392. The Kier molecular flexibility index (Phi) is 3.74. The van der Waals surface area contributed by atoms with E-state index in [2.05, 4.69) is 20.9 Å². The number of nitrogens with zero attached hydrogens (tertiary/aromatic N) is 2. The lowest BCUT2D eigenvalue weighted by Gasteiger charge is -2.16. The third-order valence-corrected chi connectivity index (χ3v) is 5.24. The summed E-state index contributed by atoms with van der Waals surface area (Å²) in [6.07, 6.45) is 1.27. The molecular weight excluding hydrogens is 332 g/mol. The molecule has 2 heterocycles. The first kappa shape index (κ1) is 13.2. The largest absolute Gasteiger partial charge is 0.392 e. The molecule has 1 N–H and O–H groups in total. The fourth-order valence-electron chi connectivity index (χ4n) is 1.65. The highest BCUT2D eigenvalue weighted by atomic mass is 79.9. The van der Waals surface area contributed by atoms with Crippen molar-refractivity contribution in [2.45, 2.75) is 17.4 Å². The fraction of sp³-hybridized carbons (Fsp3) is 0.444. The highest BCUT2D eigenvalue weighted by Crippen LogP contribution is 2.27. The van der Waals surface area contributed by atoms with Gasteiger partial charge < -0.3 is 5.11 Å². The van der Waals surface area contributed by atoms with Crippen LogP contribution in [0.5, 0.6) is 0 Å². The van der Waals surface area contributed by atoms with Crippen LogP contribution in [0, 0.1) is 0 Å². The smallest absolute Gasteiger partial charge is 0.246 e. The van der Waals surface area contributed by atoms with Crippen molar-refractivity contribution in [3.05, 3.63) is 21.9 Å². The normalized spacial score (nSPS) is 21.9. The number of aromatic nitrogens is 1. The Morgan fingerprint density at radius 1 is 1.59 bits per heavy atom. The summed E-state index contributed by atoms with van der Waals surface area (Å²) in [5.41, 5.74) is 0. The van der Waals surface area contributed by atoms with E-state index in [1.54, 1.807) is 0 Å². The van der Waals surface area contributed by atoms with Crippen LogP contribution in [0.15, 0.2) is 21.6 Å². The summed E-state index contributed by atoms with van der Waals surface area (Å²) in [5.74, 6) is 0. The lowest BCUT2D eigenvalue weighted by atomic mass is 10.3. The fourth-order valence-corrected chi connectivity index (χ4v) is 4.07. The van der Waals surface area contributed by atoms with Gasteiger partial charge in [0.05, 0.1) is 6.10 Å². The molecule has 0 spiro atoms. The van der Waals surface area contributed by atoms with Gasteiger partial charge >= 0.3 is 0 Å². The first-order valence-electron chi connectivity index (χ1n) is 4.90. The number of hydrogen-bond donors (Lipinski definition) is 1. The van der Waals surface area contributed by atoms with Gasteiger partial charge in [-0.25, -0.2) is 13.4 Å². The van der Waals surface area contributed by atoms with E-state index >= 15 is 0 Å². The van der Waals surface area contributed by atoms with Gasteiger partial charge in [-0.1, -0.05) is 11.6 Å². The zero-order valence-corrected chi connectivity index (χ0v) is 11.8. The molecule has 17 heavy (non-hydrogen) atoms. The summed E-state index contributed by atoms with van der Waals surface area (Å²) < 4.78 is 26.2. The number of aliphatic hydroxyl groups is 1. The van der Waals surface area contributed by atoms with Crippen LogP contribution in [0.2, 0.25) is 5.15 Å². The summed E-state index contributed by atoms with van der Waals surface area (Å²) in [4.78, 5) is 3.75. The van der Waals surface area contributed by atoms with Crippen LogP contribution in [-0.2, 0) is 10.0 Å². The highest BCUT2D eigenvalue weighted by molar-refractivity contribution is 9.10. The lowest BCUT2D eigenvalue weighted by Crippen LogP contribution is -2.30. The number of sulfonamides is 1. The highest BCUT2D eigenvalue weighted by Gasteiger charge is 2.33. The average Bonchev–Trinajstić information content (AvgIpc) is 2.69. The van der Waals surface area contributed by atoms with Crippen LogP contribution in [-0.4, -0.2) is 42.0 Å². The molecule has 1 atom stereocenters. The molecule has 1 aromatic rings. The number of pyridine rings is 1. The van der Waals surface area contributed by atoms with E-state index in [1.807, 2.05) is 0 Å². The van der Waals surface area contributed by atoms with Gasteiger partial charge in [0.1, 0.15) is 10.0 Å². The first-order valence-corrected chi connectivity index (χ1v) is 7.51. The van der Waals surface area contributed by atoms with E-state index < -0.39 is 16.1 Å². The molecule has 1 aliphatic rings. The lowest BCUT2D eigenvalue weighted by molar-refractivity contribution is 0.189. The molecular formula is C9H10BrClN2O3S. The van der Waals surface area contributed by atoms with Crippen molar-refractivity contribution in [3.63, 3.8) is 0 Å². The number of β-amino-alcohol motifs (C(OH)–C–C–N with tert-alkyl or cyclic N) is 1. The third-order valence-electron chi connectivity index (χ3n) is 2.52. The van der Waals surface area contributed by atoms with Gasteiger partial charge in [0.15, 0.2) is 0 Å². The molecule has 1 saturated heterocycles. The molecule has 1 aliphatic heterocycles. The number of aliphatic hydroxyl groups excluding tert-OH is 1. The Morgan fingerprint density at radius 2 is 2.29 bits per heavy atom. The van der Waals surface area contributed by atoms with Gasteiger partial charge in [-0.3, -0.25) is 0 Å². The molecule has 1 unspecified atom stereocenters. The molecule has 1 fully saturated rings. The van der Waals surface area contributed by atoms with Crippen molar-refractivity contribution in [2.24, 2.45) is 0 Å². The van der Waals surface area contributed by atoms with E-state index in [9.17, 15) is 13.5 Å². The van der Waals surface area contributed by atoms with E-state index in [-0.39, 0.29) is 16.6 Å². The molecule has 0 aromatic carbocycles. The van der Waals surface area contributed by atoms with Crippen LogP contribution >= 0.6 is 27.5 Å². The Hall–Kier alpha value is -0.210. The van der Waals surface area contributed by atoms with E-state index in [0.29, 0.717) is 17.4 Å². The molecule has 0 bridgehead atoms. The third kappa shape index (κ3) is 2.63. The van der Waals surface area contributed by atoms with Crippen LogP contribution in [0.3, 0.4) is 0 Å². The van der Waals surface area contributed by atoms with Gasteiger partial charge in [0.2, 0.25) is 10.0 Å². The molecule has 8 heteroatoms. The van der Waals surface area contributed by atoms with E-state index in [1.165, 1.54) is 16.6 Å². The minimum Gasteiger partial charge on any atom is -0.392 e. The molecule has 0 aliphatic carbocycles. The second-order valence-corrected chi connectivity index (χ2v) is 6.93. The van der Waals surface area contributed by atoms with Crippen LogP contribution in [0.1, 0.15) is 6.42 Å². The summed E-state index contributed by atoms with van der Waals surface area (Å²) in [6.45, 7) is 0.400. The molecule has 2 rings (SSSR count). The predicted molar refractivity (Wildman–Crippen MR) is 66.3 cm³/mol. The summed E-state index contributed by atoms with van der Waals surface area (Å²) in [7, 11) is -3.68. The maximum atomic E-state index is 12.2. The molecule has 0 radical (unpaired) electrons. The van der Waals surface area contributed by atoms with Crippen molar-refractivity contribution >= 4 is 37.6 Å². The Bertz CT molecular complexity index is 537. The minimum atomic E-state index is -3.68. The van der Waals surface area contributed by atoms with Gasteiger partial charge in [-0.15, -0.1) is 0 Å². The zero-order chi connectivity index (χ0) is 12.6.